The van der Waals surface area contributed by atoms with Crippen LogP contribution in [0.15, 0.2) is 0 Å². The van der Waals surface area contributed by atoms with Gasteiger partial charge in [0, 0.05) is 32.5 Å². The highest BCUT2D eigenvalue weighted by molar-refractivity contribution is 7.58. The van der Waals surface area contributed by atoms with Gasteiger partial charge in [-0.1, -0.05) is 20.3 Å². The first kappa shape index (κ1) is 21.9. The van der Waals surface area contributed by atoms with Gasteiger partial charge in [-0.05, 0) is 12.8 Å². The van der Waals surface area contributed by atoms with E-state index in [0.29, 0.717) is 19.3 Å². The lowest BCUT2D eigenvalue weighted by atomic mass is 10.3. The molecule has 7 nitrogen and oxygen atoms in total. The molecule has 0 fully saturated rings. The monoisotopic (exact) mass is 355 g/mol. The molecule has 0 rings (SSSR count). The van der Waals surface area contributed by atoms with Crippen molar-refractivity contribution < 1.29 is 32.9 Å². The molecule has 0 aromatic rings. The number of ether oxygens (including phenoxy) is 2. The standard InChI is InChI=1S/C14H27FNO6P/c1-4-6-10-23(19,20)12(15)8-9-16-14(18)22-11(3)21-13(17)7-5-2/h11-12H,4-10H2,1-3H3,(H,16,18)(H,19,20)/t11-,12-/m1/s1. The first-order valence-corrected chi connectivity index (χ1v) is 9.73. The summed E-state index contributed by atoms with van der Waals surface area (Å²) in [6.07, 6.45) is -0.257. The Morgan fingerprint density at radius 2 is 1.91 bits per heavy atom. The summed E-state index contributed by atoms with van der Waals surface area (Å²) in [6, 6.07) is 0. The second-order valence-corrected chi connectivity index (χ2v) is 7.71. The van der Waals surface area contributed by atoms with E-state index < -0.39 is 31.6 Å². The molecule has 9 heteroatoms. The lowest BCUT2D eigenvalue weighted by Gasteiger charge is -2.17. The molecule has 1 unspecified atom stereocenters. The highest BCUT2D eigenvalue weighted by atomic mass is 31.2. The Morgan fingerprint density at radius 3 is 2.48 bits per heavy atom. The number of esters is 1. The minimum atomic E-state index is -3.84. The first-order valence-electron chi connectivity index (χ1n) is 7.82. The van der Waals surface area contributed by atoms with E-state index in [0.717, 1.165) is 0 Å². The van der Waals surface area contributed by atoms with Crippen LogP contribution >= 0.6 is 7.37 Å². The van der Waals surface area contributed by atoms with Gasteiger partial charge in [-0.3, -0.25) is 9.36 Å². The van der Waals surface area contributed by atoms with E-state index in [9.17, 15) is 23.4 Å². The largest absolute Gasteiger partial charge is 0.425 e. The van der Waals surface area contributed by atoms with E-state index in [2.05, 4.69) is 5.32 Å². The van der Waals surface area contributed by atoms with Gasteiger partial charge >= 0.3 is 12.1 Å². The Balaban J connectivity index is 4.01. The van der Waals surface area contributed by atoms with Crippen LogP contribution in [-0.4, -0.2) is 41.9 Å². The summed E-state index contributed by atoms with van der Waals surface area (Å²) in [5, 5.41) is 2.25. The van der Waals surface area contributed by atoms with Gasteiger partial charge in [0.25, 0.3) is 0 Å². The Morgan fingerprint density at radius 1 is 1.26 bits per heavy atom. The molecular weight excluding hydrogens is 328 g/mol. The predicted octanol–water partition coefficient (Wildman–Crippen LogP) is 3.16. The summed E-state index contributed by atoms with van der Waals surface area (Å²) in [7, 11) is -3.84. The molecule has 0 aromatic heterocycles. The normalized spacial score (nSPS) is 16.0. The molecule has 0 aliphatic rings. The minimum Gasteiger partial charge on any atom is -0.425 e. The van der Waals surface area contributed by atoms with Crippen LogP contribution < -0.4 is 5.32 Å². The maximum atomic E-state index is 13.7. The Kier molecular flexibility index (Phi) is 10.8. The van der Waals surface area contributed by atoms with Crippen LogP contribution in [0.5, 0.6) is 0 Å². The number of unbranched alkanes of at least 4 members (excludes halogenated alkanes) is 1. The number of carbonyl (C=O) groups excluding carboxylic acids is 2. The smallest absolute Gasteiger partial charge is 0.410 e. The number of alkyl carbamates (subject to hydrolysis) is 1. The molecule has 0 saturated carbocycles. The van der Waals surface area contributed by atoms with E-state index >= 15 is 0 Å². The molecule has 3 atom stereocenters. The average Bonchev–Trinajstić information content (AvgIpc) is 2.44. The third-order valence-corrected chi connectivity index (χ3v) is 5.04. The van der Waals surface area contributed by atoms with Crippen LogP contribution in [0.2, 0.25) is 0 Å². The summed E-state index contributed by atoms with van der Waals surface area (Å²) in [6.45, 7) is 4.90. The van der Waals surface area contributed by atoms with E-state index in [1.54, 1.807) is 0 Å². The fraction of sp³-hybridized carbons (Fsp3) is 0.857. The molecule has 0 aromatic carbocycles. The molecule has 0 radical (unpaired) electrons. The van der Waals surface area contributed by atoms with E-state index in [1.807, 2.05) is 13.8 Å². The number of amides is 1. The summed E-state index contributed by atoms with van der Waals surface area (Å²) in [5.74, 6) is -2.36. The molecule has 0 saturated heterocycles. The molecule has 1 amide bonds. The molecule has 0 spiro atoms. The number of halogens is 1. The Hall–Kier alpha value is -1.14. The van der Waals surface area contributed by atoms with Crippen molar-refractivity contribution in [2.45, 2.75) is 65.1 Å². The van der Waals surface area contributed by atoms with Crippen molar-refractivity contribution in [3.63, 3.8) is 0 Å². The van der Waals surface area contributed by atoms with Gasteiger partial charge in [-0.2, -0.15) is 0 Å². The van der Waals surface area contributed by atoms with Gasteiger partial charge in [0.1, 0.15) is 0 Å². The second kappa shape index (κ2) is 11.4. The molecule has 0 bridgehead atoms. The van der Waals surface area contributed by atoms with Crippen molar-refractivity contribution in [2.75, 3.05) is 12.7 Å². The highest BCUT2D eigenvalue weighted by Gasteiger charge is 2.29. The van der Waals surface area contributed by atoms with Crippen LogP contribution in [0.3, 0.4) is 0 Å². The number of hydrogen-bond donors (Lipinski definition) is 2. The molecular formula is C14H27FNO6P. The third kappa shape index (κ3) is 10.3. The SMILES string of the molecule is CCCCP(=O)(O)[C@@H](F)CCNC(=O)O[C@H](C)OC(=O)CCC. The van der Waals surface area contributed by atoms with Crippen LogP contribution in [0.25, 0.3) is 0 Å². The molecule has 2 N–H and O–H groups in total. The molecule has 0 heterocycles. The number of rotatable bonds is 11. The van der Waals surface area contributed by atoms with Gasteiger partial charge in [0.15, 0.2) is 5.91 Å². The van der Waals surface area contributed by atoms with Crippen molar-refractivity contribution in [3.8, 4) is 0 Å². The summed E-state index contributed by atoms with van der Waals surface area (Å²) in [4.78, 5) is 32.2. The van der Waals surface area contributed by atoms with E-state index in [4.69, 9.17) is 9.47 Å². The van der Waals surface area contributed by atoms with Gasteiger partial charge in [0.05, 0.1) is 0 Å². The van der Waals surface area contributed by atoms with Gasteiger partial charge in [0.2, 0.25) is 13.7 Å². The van der Waals surface area contributed by atoms with Gasteiger partial charge in [-0.25, -0.2) is 9.18 Å². The number of alkyl halides is 1. The maximum absolute atomic E-state index is 13.7. The molecule has 23 heavy (non-hydrogen) atoms. The van der Waals surface area contributed by atoms with Crippen molar-refractivity contribution in [1.82, 2.24) is 5.32 Å². The summed E-state index contributed by atoms with van der Waals surface area (Å²) >= 11 is 0. The maximum Gasteiger partial charge on any atom is 0.410 e. The molecule has 136 valence electrons. The molecule has 0 aliphatic heterocycles. The Bertz CT molecular complexity index is 420. The van der Waals surface area contributed by atoms with Crippen LogP contribution in [0.4, 0.5) is 9.18 Å². The zero-order valence-corrected chi connectivity index (χ0v) is 14.8. The van der Waals surface area contributed by atoms with Crippen LogP contribution in [-0.2, 0) is 18.8 Å². The summed E-state index contributed by atoms with van der Waals surface area (Å²) in [5.41, 5.74) is 0. The third-order valence-electron chi connectivity index (χ3n) is 2.95. The van der Waals surface area contributed by atoms with E-state index in [1.165, 1.54) is 6.92 Å². The van der Waals surface area contributed by atoms with Gasteiger partial charge < -0.3 is 19.7 Å². The van der Waals surface area contributed by atoms with Gasteiger partial charge in [-0.15, -0.1) is 0 Å². The highest BCUT2D eigenvalue weighted by Crippen LogP contribution is 2.49. The zero-order valence-electron chi connectivity index (χ0n) is 13.9. The lowest BCUT2D eigenvalue weighted by Crippen LogP contribution is -2.31. The van der Waals surface area contributed by atoms with Crippen molar-refractivity contribution in [1.29, 1.82) is 0 Å². The lowest BCUT2D eigenvalue weighted by molar-refractivity contribution is -0.164. The topological polar surface area (TPSA) is 102 Å². The quantitative estimate of drug-likeness (QED) is 0.335. The Labute approximate surface area is 136 Å². The average molecular weight is 355 g/mol. The fourth-order valence-electron chi connectivity index (χ4n) is 1.68. The van der Waals surface area contributed by atoms with Crippen molar-refractivity contribution >= 4 is 19.4 Å². The summed E-state index contributed by atoms with van der Waals surface area (Å²) < 4.78 is 34.9. The number of hydrogen-bond acceptors (Lipinski definition) is 5. The predicted molar refractivity (Wildman–Crippen MR) is 84.1 cm³/mol. The number of carbonyl (C=O) groups is 2. The van der Waals surface area contributed by atoms with Crippen molar-refractivity contribution in [3.05, 3.63) is 0 Å². The van der Waals surface area contributed by atoms with Crippen LogP contribution in [0.1, 0.15) is 52.9 Å². The zero-order chi connectivity index (χ0) is 17.9. The first-order chi connectivity index (χ1) is 10.7. The number of nitrogens with one attached hydrogen (secondary N) is 1. The second-order valence-electron chi connectivity index (χ2n) is 5.20. The minimum absolute atomic E-state index is 0.0699. The van der Waals surface area contributed by atoms with Crippen LogP contribution in [0, 0.1) is 0 Å². The van der Waals surface area contributed by atoms with E-state index in [-0.39, 0.29) is 25.5 Å². The van der Waals surface area contributed by atoms with Crippen molar-refractivity contribution in [2.24, 2.45) is 0 Å². The fourth-order valence-corrected chi connectivity index (χ4v) is 3.27. The molecule has 0 aliphatic carbocycles.